The van der Waals surface area contributed by atoms with Gasteiger partial charge in [-0.1, -0.05) is 42.0 Å². The van der Waals surface area contributed by atoms with E-state index in [1.165, 1.54) is 49.7 Å². The summed E-state index contributed by atoms with van der Waals surface area (Å²) in [7, 11) is 0. The molecule has 0 amide bonds. The number of aryl methyl sites for hydroxylation is 3. The monoisotopic (exact) mass is 339 g/mol. The Hall–Kier alpha value is -2.80. The second kappa shape index (κ2) is 6.17. The van der Waals surface area contributed by atoms with E-state index >= 15 is 0 Å². The number of hydrogen-bond donors (Lipinski definition) is 1. The van der Waals surface area contributed by atoms with Crippen molar-refractivity contribution in [2.24, 2.45) is 0 Å². The van der Waals surface area contributed by atoms with E-state index in [1.54, 1.807) is 0 Å². The van der Waals surface area contributed by atoms with E-state index in [0.717, 1.165) is 11.4 Å². The third-order valence-corrected chi connectivity index (χ3v) is 5.87. The van der Waals surface area contributed by atoms with Crippen molar-refractivity contribution in [2.75, 3.05) is 0 Å². The van der Waals surface area contributed by atoms with Crippen LogP contribution >= 0.6 is 0 Å². The van der Waals surface area contributed by atoms with Crippen molar-refractivity contribution >= 4 is 10.8 Å². The van der Waals surface area contributed by atoms with Crippen LogP contribution in [-0.2, 0) is 0 Å². The number of fused-ring (bicyclic) bond motifs is 1. The van der Waals surface area contributed by atoms with E-state index in [0.29, 0.717) is 0 Å². The highest BCUT2D eigenvalue weighted by Gasteiger charge is 2.11. The molecule has 0 radical (unpaired) electrons. The average Bonchev–Trinajstić information content (AvgIpc) is 3.15. The highest BCUT2D eigenvalue weighted by Crippen LogP contribution is 2.33. The lowest BCUT2D eigenvalue weighted by atomic mass is 9.90. The Morgan fingerprint density at radius 3 is 1.69 bits per heavy atom. The molecule has 1 heteroatoms. The largest absolute Gasteiger partial charge is 0.355 e. The lowest BCUT2D eigenvalue weighted by molar-refractivity contribution is 1.25. The molecule has 4 aromatic rings. The first kappa shape index (κ1) is 16.7. The third kappa shape index (κ3) is 2.64. The zero-order chi connectivity index (χ0) is 18.4. The Bertz CT molecular complexity index is 1110. The van der Waals surface area contributed by atoms with Gasteiger partial charge in [0.05, 0.1) is 0 Å². The van der Waals surface area contributed by atoms with Crippen LogP contribution in [0, 0.1) is 34.6 Å². The maximum Gasteiger partial charge on any atom is 0.0458 e. The quantitative estimate of drug-likeness (QED) is 0.403. The number of aromatic nitrogens is 1. The van der Waals surface area contributed by atoms with E-state index in [2.05, 4.69) is 94.2 Å². The van der Waals surface area contributed by atoms with Crippen LogP contribution in [0.4, 0.5) is 0 Å². The highest BCUT2D eigenvalue weighted by molar-refractivity contribution is 5.93. The molecule has 0 aliphatic rings. The molecular weight excluding hydrogens is 314 g/mol. The van der Waals surface area contributed by atoms with E-state index in [-0.39, 0.29) is 0 Å². The van der Waals surface area contributed by atoms with Gasteiger partial charge in [-0.05, 0) is 97.0 Å². The van der Waals surface area contributed by atoms with Crippen molar-refractivity contribution < 1.29 is 0 Å². The Kier molecular flexibility index (Phi) is 3.96. The van der Waals surface area contributed by atoms with Crippen LogP contribution in [0.2, 0.25) is 0 Å². The van der Waals surface area contributed by atoms with Gasteiger partial charge < -0.3 is 4.98 Å². The molecule has 4 rings (SSSR count). The molecule has 130 valence electrons. The summed E-state index contributed by atoms with van der Waals surface area (Å²) in [6.07, 6.45) is 0. The zero-order valence-electron chi connectivity index (χ0n) is 16.2. The topological polar surface area (TPSA) is 15.8 Å². The SMILES string of the molecule is Cc1ccc(-c2ccc(-c3ccc4c(C)c(C)c(C)c(C)c4c3)[nH]2)cc1. The van der Waals surface area contributed by atoms with Crippen LogP contribution in [0.1, 0.15) is 27.8 Å². The van der Waals surface area contributed by atoms with Crippen LogP contribution in [0.25, 0.3) is 33.3 Å². The van der Waals surface area contributed by atoms with Gasteiger partial charge in [0.25, 0.3) is 0 Å². The summed E-state index contributed by atoms with van der Waals surface area (Å²) < 4.78 is 0. The summed E-state index contributed by atoms with van der Waals surface area (Å²) in [4.78, 5) is 3.59. The maximum atomic E-state index is 3.59. The first-order chi connectivity index (χ1) is 12.5. The molecule has 0 atom stereocenters. The number of rotatable bonds is 2. The third-order valence-electron chi connectivity index (χ3n) is 5.87. The molecule has 26 heavy (non-hydrogen) atoms. The molecular formula is C25H25N. The van der Waals surface area contributed by atoms with Gasteiger partial charge in [-0.15, -0.1) is 0 Å². The first-order valence-corrected chi connectivity index (χ1v) is 9.22. The molecule has 1 aromatic heterocycles. The van der Waals surface area contributed by atoms with Crippen molar-refractivity contribution in [1.29, 1.82) is 0 Å². The van der Waals surface area contributed by atoms with Gasteiger partial charge in [0.2, 0.25) is 0 Å². The molecule has 0 fully saturated rings. The van der Waals surface area contributed by atoms with Gasteiger partial charge in [-0.25, -0.2) is 0 Å². The van der Waals surface area contributed by atoms with Gasteiger partial charge in [-0.2, -0.15) is 0 Å². The van der Waals surface area contributed by atoms with Crippen molar-refractivity contribution in [3.8, 4) is 22.5 Å². The van der Waals surface area contributed by atoms with Crippen LogP contribution in [0.15, 0.2) is 54.6 Å². The summed E-state index contributed by atoms with van der Waals surface area (Å²) >= 11 is 0. The van der Waals surface area contributed by atoms with E-state index in [4.69, 9.17) is 0 Å². The van der Waals surface area contributed by atoms with Crippen molar-refractivity contribution in [3.05, 3.63) is 82.4 Å². The second-order valence-corrected chi connectivity index (χ2v) is 7.41. The Morgan fingerprint density at radius 2 is 1.04 bits per heavy atom. The minimum atomic E-state index is 1.16. The highest BCUT2D eigenvalue weighted by atomic mass is 14.7. The van der Waals surface area contributed by atoms with Crippen molar-refractivity contribution in [3.63, 3.8) is 0 Å². The summed E-state index contributed by atoms with van der Waals surface area (Å²) in [6, 6.07) is 19.8. The van der Waals surface area contributed by atoms with Crippen LogP contribution in [0.5, 0.6) is 0 Å². The number of aromatic amines is 1. The van der Waals surface area contributed by atoms with Gasteiger partial charge in [0, 0.05) is 11.4 Å². The molecule has 0 spiro atoms. The fourth-order valence-corrected chi connectivity index (χ4v) is 3.78. The van der Waals surface area contributed by atoms with Crippen LogP contribution in [-0.4, -0.2) is 4.98 Å². The second-order valence-electron chi connectivity index (χ2n) is 7.41. The Morgan fingerprint density at radius 1 is 0.500 bits per heavy atom. The van der Waals surface area contributed by atoms with Gasteiger partial charge in [0.1, 0.15) is 0 Å². The molecule has 0 unspecified atom stereocenters. The lowest BCUT2D eigenvalue weighted by Crippen LogP contribution is -1.94. The fourth-order valence-electron chi connectivity index (χ4n) is 3.78. The predicted octanol–water partition coefficient (Wildman–Crippen LogP) is 7.04. The summed E-state index contributed by atoms with van der Waals surface area (Å²) in [5, 5.41) is 2.72. The van der Waals surface area contributed by atoms with Crippen LogP contribution in [0.3, 0.4) is 0 Å². The smallest absolute Gasteiger partial charge is 0.0458 e. The summed E-state index contributed by atoms with van der Waals surface area (Å²) in [5.74, 6) is 0. The average molecular weight is 339 g/mol. The lowest BCUT2D eigenvalue weighted by Gasteiger charge is -2.15. The van der Waals surface area contributed by atoms with Crippen molar-refractivity contribution in [2.45, 2.75) is 34.6 Å². The maximum absolute atomic E-state index is 3.59. The number of H-pyrrole nitrogens is 1. The minimum absolute atomic E-state index is 1.16. The fraction of sp³-hybridized carbons (Fsp3) is 0.200. The molecule has 1 heterocycles. The zero-order valence-corrected chi connectivity index (χ0v) is 16.2. The summed E-state index contributed by atoms with van der Waals surface area (Å²) in [5.41, 5.74) is 11.7. The number of benzene rings is 3. The molecule has 0 saturated heterocycles. The summed E-state index contributed by atoms with van der Waals surface area (Å²) in [6.45, 7) is 11.0. The minimum Gasteiger partial charge on any atom is -0.355 e. The first-order valence-electron chi connectivity index (χ1n) is 9.22. The molecule has 1 N–H and O–H groups in total. The van der Waals surface area contributed by atoms with E-state index < -0.39 is 0 Å². The Balaban J connectivity index is 1.82. The van der Waals surface area contributed by atoms with Gasteiger partial charge >= 0.3 is 0 Å². The molecule has 0 saturated carbocycles. The van der Waals surface area contributed by atoms with Gasteiger partial charge in [0.15, 0.2) is 0 Å². The van der Waals surface area contributed by atoms with Crippen LogP contribution < -0.4 is 0 Å². The molecule has 0 aliphatic heterocycles. The predicted molar refractivity (Wildman–Crippen MR) is 113 cm³/mol. The molecule has 1 nitrogen and oxygen atoms in total. The van der Waals surface area contributed by atoms with Crippen molar-refractivity contribution in [1.82, 2.24) is 4.98 Å². The van der Waals surface area contributed by atoms with E-state index in [1.807, 2.05) is 0 Å². The number of nitrogens with one attached hydrogen (secondary N) is 1. The molecule has 0 aliphatic carbocycles. The number of hydrogen-bond acceptors (Lipinski definition) is 0. The Labute approximate surface area is 155 Å². The standard InChI is InChI=1S/C25H25N/c1-15-6-8-20(9-7-15)24-12-13-25(26-24)21-10-11-22-18(4)16(2)17(3)19(5)23(22)14-21/h6-14,26H,1-5H3. The molecule has 0 bridgehead atoms. The van der Waals surface area contributed by atoms with Gasteiger partial charge in [-0.3, -0.25) is 0 Å². The normalized spacial score (nSPS) is 11.3. The van der Waals surface area contributed by atoms with E-state index in [9.17, 15) is 0 Å². The molecule has 3 aromatic carbocycles.